The highest BCUT2D eigenvalue weighted by Gasteiger charge is 2.21. The fourth-order valence-corrected chi connectivity index (χ4v) is 2.87. The highest BCUT2D eigenvalue weighted by molar-refractivity contribution is 9.10. The minimum atomic E-state index is -0.191. The summed E-state index contributed by atoms with van der Waals surface area (Å²) >= 11 is 3.49. The molecule has 21 heavy (non-hydrogen) atoms. The van der Waals surface area contributed by atoms with E-state index in [4.69, 9.17) is 4.74 Å². The lowest BCUT2D eigenvalue weighted by molar-refractivity contribution is -0.116. The molecule has 3 rings (SSSR count). The Hall–Kier alpha value is -1.88. The summed E-state index contributed by atoms with van der Waals surface area (Å²) in [5.41, 5.74) is 2.72. The predicted molar refractivity (Wildman–Crippen MR) is 84.4 cm³/mol. The van der Waals surface area contributed by atoms with Crippen molar-refractivity contribution in [1.29, 1.82) is 0 Å². The van der Waals surface area contributed by atoms with E-state index < -0.39 is 0 Å². The second-order valence-corrected chi connectivity index (χ2v) is 5.92. The average molecular weight is 347 g/mol. The van der Waals surface area contributed by atoms with Crippen molar-refractivity contribution in [2.75, 3.05) is 5.32 Å². The Labute approximate surface area is 131 Å². The van der Waals surface area contributed by atoms with Gasteiger partial charge in [0.05, 0.1) is 11.4 Å². The lowest BCUT2D eigenvalue weighted by Crippen LogP contribution is -2.20. The number of aromatic nitrogens is 1. The van der Waals surface area contributed by atoms with Crippen LogP contribution in [-0.4, -0.2) is 10.9 Å². The van der Waals surface area contributed by atoms with Gasteiger partial charge in [0.15, 0.2) is 0 Å². The summed E-state index contributed by atoms with van der Waals surface area (Å²) in [6.07, 6.45) is 2.80. The maximum Gasteiger partial charge on any atom is 0.224 e. The lowest BCUT2D eigenvalue weighted by Gasteiger charge is -2.23. The van der Waals surface area contributed by atoms with Gasteiger partial charge < -0.3 is 10.1 Å². The molecule has 0 aliphatic carbocycles. The smallest absolute Gasteiger partial charge is 0.224 e. The fourth-order valence-electron chi connectivity index (χ4n) is 2.39. The Morgan fingerprint density at radius 3 is 2.95 bits per heavy atom. The first-order chi connectivity index (χ1) is 10.1. The van der Waals surface area contributed by atoms with Crippen molar-refractivity contribution in [3.63, 3.8) is 0 Å². The molecule has 1 aliphatic heterocycles. The number of carbonyl (C=O) groups excluding carboxylic acids is 1. The highest BCUT2D eigenvalue weighted by Crippen LogP contribution is 2.37. The molecule has 2 aromatic rings. The molecule has 2 heterocycles. The Balaban J connectivity index is 1.92. The molecule has 1 atom stereocenters. The second-order valence-electron chi connectivity index (χ2n) is 5.00. The molecule has 0 saturated heterocycles. The minimum Gasteiger partial charge on any atom is -0.482 e. The molecule has 1 N–H and O–H groups in total. The molecule has 1 aliphatic rings. The molecular formula is C16H15BrN2O2. The van der Waals surface area contributed by atoms with E-state index in [1.54, 1.807) is 6.20 Å². The Kier molecular flexibility index (Phi) is 3.92. The number of carbonyl (C=O) groups is 1. The Morgan fingerprint density at radius 2 is 2.19 bits per heavy atom. The number of fused-ring (bicyclic) bond motifs is 1. The number of anilines is 1. The van der Waals surface area contributed by atoms with E-state index in [0.29, 0.717) is 12.2 Å². The quantitative estimate of drug-likeness (QED) is 0.917. The van der Waals surface area contributed by atoms with Gasteiger partial charge in [-0.2, -0.15) is 0 Å². The number of hydrogen-bond acceptors (Lipinski definition) is 3. The molecule has 108 valence electrons. The van der Waals surface area contributed by atoms with Crippen LogP contribution in [0.25, 0.3) is 0 Å². The summed E-state index contributed by atoms with van der Waals surface area (Å²) in [6, 6.07) is 9.63. The summed E-state index contributed by atoms with van der Waals surface area (Å²) in [5.74, 6) is 0.700. The SMILES string of the molecule is CC(Oc1cc(Br)cc2c1NC(=O)CC2)c1ccccn1. The molecular weight excluding hydrogens is 332 g/mol. The molecule has 5 heteroatoms. The number of halogens is 1. The van der Waals surface area contributed by atoms with Gasteiger partial charge in [0.25, 0.3) is 0 Å². The van der Waals surface area contributed by atoms with E-state index in [0.717, 1.165) is 27.8 Å². The molecule has 1 aromatic carbocycles. The Bertz CT molecular complexity index is 673. The van der Waals surface area contributed by atoms with E-state index in [2.05, 4.69) is 26.2 Å². The summed E-state index contributed by atoms with van der Waals surface area (Å²) in [7, 11) is 0. The van der Waals surface area contributed by atoms with E-state index in [-0.39, 0.29) is 12.0 Å². The number of pyridine rings is 1. The van der Waals surface area contributed by atoms with Crippen LogP contribution in [0.15, 0.2) is 41.0 Å². The maximum atomic E-state index is 11.6. The van der Waals surface area contributed by atoms with Crippen LogP contribution < -0.4 is 10.1 Å². The van der Waals surface area contributed by atoms with Crippen molar-refractivity contribution in [2.24, 2.45) is 0 Å². The van der Waals surface area contributed by atoms with Crippen LogP contribution in [0.4, 0.5) is 5.69 Å². The summed E-state index contributed by atoms with van der Waals surface area (Å²) in [6.45, 7) is 1.94. The van der Waals surface area contributed by atoms with Crippen molar-refractivity contribution >= 4 is 27.5 Å². The number of hydrogen-bond donors (Lipinski definition) is 1. The van der Waals surface area contributed by atoms with Crippen LogP contribution in [-0.2, 0) is 11.2 Å². The molecule has 1 aromatic heterocycles. The highest BCUT2D eigenvalue weighted by atomic mass is 79.9. The van der Waals surface area contributed by atoms with Gasteiger partial charge in [-0.3, -0.25) is 9.78 Å². The lowest BCUT2D eigenvalue weighted by atomic mass is 10.0. The van der Waals surface area contributed by atoms with Crippen LogP contribution in [0, 0.1) is 0 Å². The van der Waals surface area contributed by atoms with E-state index in [1.165, 1.54) is 0 Å². The number of nitrogens with one attached hydrogen (secondary N) is 1. The standard InChI is InChI=1S/C16H15BrN2O2/c1-10(13-4-2-3-7-18-13)21-14-9-12(17)8-11-5-6-15(20)19-16(11)14/h2-4,7-10H,5-6H2,1H3,(H,19,20). The zero-order chi connectivity index (χ0) is 14.8. The van der Waals surface area contributed by atoms with Crippen LogP contribution in [0.1, 0.15) is 30.7 Å². The van der Waals surface area contributed by atoms with Gasteiger partial charge in [-0.15, -0.1) is 0 Å². The molecule has 0 spiro atoms. The van der Waals surface area contributed by atoms with E-state index in [1.807, 2.05) is 37.3 Å². The van der Waals surface area contributed by atoms with Gasteiger partial charge >= 0.3 is 0 Å². The van der Waals surface area contributed by atoms with Gasteiger partial charge in [0.1, 0.15) is 11.9 Å². The van der Waals surface area contributed by atoms with Crippen molar-refractivity contribution in [3.05, 3.63) is 52.3 Å². The number of nitrogens with zero attached hydrogens (tertiary/aromatic N) is 1. The van der Waals surface area contributed by atoms with Crippen LogP contribution in [0.2, 0.25) is 0 Å². The summed E-state index contributed by atoms with van der Waals surface area (Å²) in [4.78, 5) is 15.9. The first kappa shape index (κ1) is 14.1. The molecule has 0 saturated carbocycles. The maximum absolute atomic E-state index is 11.6. The van der Waals surface area contributed by atoms with E-state index in [9.17, 15) is 4.79 Å². The number of amides is 1. The molecule has 1 amide bonds. The first-order valence-electron chi connectivity index (χ1n) is 6.83. The fraction of sp³-hybridized carbons (Fsp3) is 0.250. The molecule has 1 unspecified atom stereocenters. The van der Waals surface area contributed by atoms with Gasteiger partial charge in [0.2, 0.25) is 5.91 Å². The summed E-state index contributed by atoms with van der Waals surface area (Å²) in [5, 5.41) is 2.91. The number of rotatable bonds is 3. The van der Waals surface area contributed by atoms with Crippen molar-refractivity contribution in [3.8, 4) is 5.75 Å². The van der Waals surface area contributed by atoms with Crippen LogP contribution in [0.3, 0.4) is 0 Å². The third kappa shape index (κ3) is 3.08. The third-order valence-corrected chi connectivity index (χ3v) is 3.90. The van der Waals surface area contributed by atoms with Crippen LogP contribution >= 0.6 is 15.9 Å². The van der Waals surface area contributed by atoms with Gasteiger partial charge in [-0.1, -0.05) is 22.0 Å². The number of ether oxygens (including phenoxy) is 1. The minimum absolute atomic E-state index is 0.0279. The third-order valence-electron chi connectivity index (χ3n) is 3.44. The molecule has 0 radical (unpaired) electrons. The topological polar surface area (TPSA) is 51.2 Å². The average Bonchev–Trinajstić information content (AvgIpc) is 2.49. The van der Waals surface area contributed by atoms with E-state index >= 15 is 0 Å². The Morgan fingerprint density at radius 1 is 1.33 bits per heavy atom. The van der Waals surface area contributed by atoms with Crippen LogP contribution in [0.5, 0.6) is 5.75 Å². The van der Waals surface area contributed by atoms with Crippen molar-refractivity contribution in [2.45, 2.75) is 25.9 Å². The zero-order valence-electron chi connectivity index (χ0n) is 11.6. The molecule has 4 nitrogen and oxygen atoms in total. The van der Waals surface area contributed by atoms with Gasteiger partial charge in [0, 0.05) is 17.1 Å². The number of benzene rings is 1. The van der Waals surface area contributed by atoms with Gasteiger partial charge in [-0.25, -0.2) is 0 Å². The largest absolute Gasteiger partial charge is 0.482 e. The van der Waals surface area contributed by atoms with Crippen molar-refractivity contribution in [1.82, 2.24) is 4.98 Å². The molecule has 0 fully saturated rings. The predicted octanol–water partition coefficient (Wildman–Crippen LogP) is 3.87. The summed E-state index contributed by atoms with van der Waals surface area (Å²) < 4.78 is 6.97. The van der Waals surface area contributed by atoms with Crippen molar-refractivity contribution < 1.29 is 9.53 Å². The van der Waals surface area contributed by atoms with Gasteiger partial charge in [-0.05, 0) is 43.2 Å². The first-order valence-corrected chi connectivity index (χ1v) is 7.62. The monoisotopic (exact) mass is 346 g/mol. The molecule has 0 bridgehead atoms. The second kappa shape index (κ2) is 5.85. The zero-order valence-corrected chi connectivity index (χ0v) is 13.2. The normalized spacial score (nSPS) is 15.0. The number of aryl methyl sites for hydroxylation is 1.